The van der Waals surface area contributed by atoms with Gasteiger partial charge in [-0.3, -0.25) is 0 Å². The first-order chi connectivity index (χ1) is 48.2. The van der Waals surface area contributed by atoms with Crippen LogP contribution >= 0.6 is 0 Å². The molecule has 0 spiro atoms. The Labute approximate surface area is 572 Å². The molecule has 6 aliphatic rings. The Bertz CT molecular complexity index is 5360. The summed E-state index contributed by atoms with van der Waals surface area (Å²) in [6, 6.07) is 139. The van der Waals surface area contributed by atoms with Gasteiger partial charge in [0.05, 0.1) is 0 Å². The van der Waals surface area contributed by atoms with Crippen molar-refractivity contribution in [1.29, 1.82) is 0 Å². The van der Waals surface area contributed by atoms with E-state index < -0.39 is 36.5 Å². The second-order valence-electron chi connectivity index (χ2n) is 26.5. The zero-order chi connectivity index (χ0) is 63.6. The molecule has 0 saturated heterocycles. The zero-order valence-electron chi connectivity index (χ0n) is 52.9. The summed E-state index contributed by atoms with van der Waals surface area (Å²) in [7, 11) is 0. The van der Waals surface area contributed by atoms with Crippen molar-refractivity contribution in [3.63, 3.8) is 0 Å². The normalized spacial score (nSPS) is 15.2. The average Bonchev–Trinajstić information content (AvgIpc) is 1.35. The van der Waals surface area contributed by atoms with E-state index in [-0.39, 0.29) is 0 Å². The summed E-state index contributed by atoms with van der Waals surface area (Å²) in [6.07, 6.45) is 0. The van der Waals surface area contributed by atoms with Crippen LogP contribution in [-0.2, 0) is 16.2 Å². The first-order valence-corrected chi connectivity index (χ1v) is 37.7. The number of nitrogens with zero attached hydrogens (tertiary/aromatic N) is 3. The molecule has 3 nitrogen and oxygen atoms in total. The molecule has 0 unspecified atom stereocenters. The van der Waals surface area contributed by atoms with E-state index in [1.165, 1.54) is 145 Å². The molecule has 0 saturated carbocycles. The maximum atomic E-state index is 2.67. The number of hydrogen-bond donors (Lipinski definition) is 0. The molecule has 15 aromatic carbocycles. The fourth-order valence-corrected chi connectivity index (χ4v) is 27.4. The van der Waals surface area contributed by atoms with Crippen LogP contribution in [0, 0.1) is 0 Å². The molecule has 97 heavy (non-hydrogen) atoms. The van der Waals surface area contributed by atoms with Crippen molar-refractivity contribution < 1.29 is 0 Å². The second kappa shape index (κ2) is 20.8. The van der Waals surface area contributed by atoms with Gasteiger partial charge in [0.15, 0.2) is 0 Å². The van der Waals surface area contributed by atoms with Crippen LogP contribution in [0.2, 0.25) is 0 Å². The number of anilines is 9. The van der Waals surface area contributed by atoms with Gasteiger partial charge in [-0.2, -0.15) is 0 Å². The van der Waals surface area contributed by atoms with Gasteiger partial charge in [0.2, 0.25) is 0 Å². The van der Waals surface area contributed by atoms with Crippen molar-refractivity contribution in [3.05, 3.63) is 431 Å². The van der Waals surface area contributed by atoms with Gasteiger partial charge in [-0.15, -0.1) is 0 Å². The van der Waals surface area contributed by atoms with Crippen molar-refractivity contribution in [2.75, 3.05) is 14.7 Å². The van der Waals surface area contributed by atoms with Gasteiger partial charge in [0.25, 0.3) is 0 Å². The minimum atomic E-state index is -3.12. The molecule has 3 aliphatic heterocycles. The second-order valence-corrected chi connectivity index (χ2v) is 32.3. The predicted molar refractivity (Wildman–Crippen MR) is 401 cm³/mol. The van der Waals surface area contributed by atoms with Crippen molar-refractivity contribution >= 4 is 81.9 Å². The van der Waals surface area contributed by atoms with Gasteiger partial charge < -0.3 is 0 Å². The summed E-state index contributed by atoms with van der Waals surface area (Å²) in [5, 5.41) is 0. The minimum absolute atomic E-state index is 0.528. The molecule has 3 heterocycles. The maximum absolute atomic E-state index is 3.12. The van der Waals surface area contributed by atoms with Crippen LogP contribution in [0.25, 0.3) is 33.4 Å². The topological polar surface area (TPSA) is 9.72 Å². The van der Waals surface area contributed by atoms with Gasteiger partial charge >= 0.3 is 577 Å². The SMILES string of the molecule is c1ccc(C2(c3ccccc3)c3ccccc3-c3cc(N4c5cccc6[c]5[Sb]5[c]7c4cccc7N(c4ccc7c(c4)C(c4ccccc4)(c4ccccc4)c4ccccc4-7)c4cccc([c]45)N6c4ccc5c(c4)C(c4ccccc4)(c4ccccc4)c4ccccc4-5)ccc32)cc1. The molecular formula is C93H60N3Sb. The fraction of sp³-hybridized carbons (Fsp3) is 0.0323. The van der Waals surface area contributed by atoms with Crippen molar-refractivity contribution in [1.82, 2.24) is 0 Å². The van der Waals surface area contributed by atoms with E-state index >= 15 is 0 Å². The molecule has 0 fully saturated rings. The van der Waals surface area contributed by atoms with Crippen LogP contribution in [0.5, 0.6) is 0 Å². The third kappa shape index (κ3) is 7.21. The standard InChI is InChI=1S/C93H60N3.Sb/c1-7-28-64(29-8-1)91(65-30-9-2-10-31-65)87-51-24-21-48-81(87)84-61-76(54-57-88(84)91)94-70-40-25-42-72(58-70)95(77-52-55-82-79-46-19-22-49-85(79)92(89(82)62-77,66-32-11-3-12-33-66)67-34-13-4-14-35-67)74-44-27-45-75(60-74)96(73-43-26-41-71(94)59-73)78-53-56-83-80-47-20-23-50-86(80)93(90(83)63-78,68-36-15-5-16-37-68)69-38-17-6-18-39-69;/h1-57,61-63H;. The molecule has 15 aromatic rings. The third-order valence-corrected chi connectivity index (χ3v) is 29.9. The number of hydrogen-bond acceptors (Lipinski definition) is 3. The van der Waals surface area contributed by atoms with Crippen LogP contribution in [0.3, 0.4) is 0 Å². The Morgan fingerprint density at radius 1 is 0.175 bits per heavy atom. The van der Waals surface area contributed by atoms with Crippen molar-refractivity contribution in [2.45, 2.75) is 16.2 Å². The third-order valence-electron chi connectivity index (χ3n) is 22.2. The Morgan fingerprint density at radius 3 is 0.732 bits per heavy atom. The average molecular weight is 1340 g/mol. The Balaban J connectivity index is 0.837. The van der Waals surface area contributed by atoms with E-state index in [1.807, 2.05) is 0 Å². The fourth-order valence-electron chi connectivity index (χ4n) is 18.6. The van der Waals surface area contributed by atoms with E-state index in [1.54, 1.807) is 0 Å². The van der Waals surface area contributed by atoms with Gasteiger partial charge in [-0.1, -0.05) is 0 Å². The summed E-state index contributed by atoms with van der Waals surface area (Å²) in [4.78, 5) is 7.99. The first-order valence-electron chi connectivity index (χ1n) is 33.8. The van der Waals surface area contributed by atoms with Crippen LogP contribution in [0.1, 0.15) is 66.8 Å². The molecule has 0 amide bonds. The zero-order valence-corrected chi connectivity index (χ0v) is 55.5. The van der Waals surface area contributed by atoms with E-state index in [2.05, 4.69) is 379 Å². The molecule has 0 N–H and O–H groups in total. The van der Waals surface area contributed by atoms with Crippen molar-refractivity contribution in [3.8, 4) is 33.4 Å². The van der Waals surface area contributed by atoms with Gasteiger partial charge in [0.1, 0.15) is 0 Å². The molecule has 0 bridgehead atoms. The molecule has 0 radical (unpaired) electrons. The van der Waals surface area contributed by atoms with Crippen LogP contribution in [0.4, 0.5) is 51.2 Å². The van der Waals surface area contributed by atoms with Crippen LogP contribution in [-0.4, -0.2) is 20.2 Å². The van der Waals surface area contributed by atoms with Gasteiger partial charge in [-0.05, 0) is 0 Å². The van der Waals surface area contributed by atoms with E-state index in [9.17, 15) is 0 Å². The quantitative estimate of drug-likeness (QED) is 0.133. The molecular weight excluding hydrogens is 1280 g/mol. The van der Waals surface area contributed by atoms with E-state index in [0.29, 0.717) is 0 Å². The summed E-state index contributed by atoms with van der Waals surface area (Å²) in [5.74, 6) is 0. The van der Waals surface area contributed by atoms with E-state index in [0.717, 1.165) is 17.1 Å². The van der Waals surface area contributed by atoms with E-state index in [4.69, 9.17) is 0 Å². The molecule has 0 atom stereocenters. The van der Waals surface area contributed by atoms with Crippen LogP contribution in [0.15, 0.2) is 364 Å². The number of rotatable bonds is 9. The van der Waals surface area contributed by atoms with Gasteiger partial charge in [-0.25, -0.2) is 0 Å². The summed E-state index contributed by atoms with van der Waals surface area (Å²) in [5.41, 5.74) is 32.2. The Morgan fingerprint density at radius 2 is 0.412 bits per heavy atom. The van der Waals surface area contributed by atoms with Crippen LogP contribution < -0.4 is 25.2 Å². The molecule has 21 rings (SSSR count). The Kier molecular flexibility index (Phi) is 11.7. The predicted octanol–water partition coefficient (Wildman–Crippen LogP) is 20.6. The molecule has 3 aliphatic carbocycles. The monoisotopic (exact) mass is 1340 g/mol. The Hall–Kier alpha value is -11.5. The first kappa shape index (κ1) is 54.9. The van der Waals surface area contributed by atoms with Gasteiger partial charge in [0, 0.05) is 0 Å². The number of benzene rings is 15. The summed E-state index contributed by atoms with van der Waals surface area (Å²) < 4.78 is 4.43. The molecule has 4 heteroatoms. The molecule has 0 aromatic heterocycles. The summed E-state index contributed by atoms with van der Waals surface area (Å²) in [6.45, 7) is 0. The van der Waals surface area contributed by atoms with Crippen molar-refractivity contribution in [2.24, 2.45) is 0 Å². The number of fused-ring (bicyclic) bond motifs is 9. The summed E-state index contributed by atoms with van der Waals surface area (Å²) >= 11 is -3.12. The molecule has 452 valence electrons.